The Labute approximate surface area is 189 Å². The van der Waals surface area contributed by atoms with Crippen molar-refractivity contribution in [3.8, 4) is 0 Å². The number of carboxylic acid groups (broad SMARTS) is 5. The first-order valence-electron chi connectivity index (χ1n) is 9.18. The van der Waals surface area contributed by atoms with Crippen LogP contribution in [0.2, 0.25) is 0 Å². The van der Waals surface area contributed by atoms with Gasteiger partial charge in [0.1, 0.15) is 26.2 Å². The highest BCUT2D eigenvalue weighted by Gasteiger charge is 2.23. The van der Waals surface area contributed by atoms with Crippen LogP contribution >= 0.6 is 0 Å². The predicted octanol–water partition coefficient (Wildman–Crippen LogP) is -0.735. The lowest BCUT2D eigenvalue weighted by Gasteiger charge is -2.23. The lowest BCUT2D eigenvalue weighted by molar-refractivity contribution is -0.138. The number of nitrogens with one attached hydrogen (secondary N) is 1. The monoisotopic (exact) mass is 478 g/mol. The van der Waals surface area contributed by atoms with E-state index in [1.54, 1.807) is 0 Å². The molecule has 0 spiro atoms. The van der Waals surface area contributed by atoms with Gasteiger partial charge in [0, 0.05) is 5.69 Å². The highest BCUT2D eigenvalue weighted by atomic mass is 16.4. The molecule has 16 heteroatoms. The van der Waals surface area contributed by atoms with Crippen molar-refractivity contribution in [2.45, 2.75) is 0 Å². The second-order valence-electron chi connectivity index (χ2n) is 6.55. The van der Waals surface area contributed by atoms with Gasteiger partial charge >= 0.3 is 29.8 Å². The summed E-state index contributed by atoms with van der Waals surface area (Å²) >= 11 is 0. The van der Waals surface area contributed by atoms with E-state index in [-0.39, 0.29) is 17.2 Å². The van der Waals surface area contributed by atoms with Crippen LogP contribution in [0, 0.1) is 0 Å². The molecule has 1 aromatic carbocycles. The Hall–Kier alpha value is -5.02. The van der Waals surface area contributed by atoms with Gasteiger partial charge in [0.25, 0.3) is 0 Å². The first-order valence-corrected chi connectivity index (χ1v) is 9.18. The molecule has 1 heterocycles. The van der Waals surface area contributed by atoms with Gasteiger partial charge in [-0.15, -0.1) is 0 Å². The number of hydrogen-bond acceptors (Lipinski definition) is 11. The molecule has 34 heavy (non-hydrogen) atoms. The molecule has 180 valence electrons. The Bertz CT molecular complexity index is 1020. The fraction of sp³-hybridized carbons (Fsp3) is 0.222. The number of rotatable bonds is 13. The summed E-state index contributed by atoms with van der Waals surface area (Å²) in [6.45, 7) is -3.39. The molecule has 0 fully saturated rings. The first kappa shape index (κ1) is 25.2. The van der Waals surface area contributed by atoms with Crippen LogP contribution in [0.4, 0.5) is 23.5 Å². The number of hydrogen-bond donors (Lipinski definition) is 6. The maximum Gasteiger partial charge on any atom is 0.335 e. The van der Waals surface area contributed by atoms with Crippen LogP contribution in [0.25, 0.3) is 0 Å². The first-order chi connectivity index (χ1) is 15.9. The largest absolute Gasteiger partial charge is 0.480 e. The van der Waals surface area contributed by atoms with Crippen molar-refractivity contribution >= 4 is 53.4 Å². The SMILES string of the molecule is O=C(O)CN(CC(=O)O)c1nc(Nc2ccc(C(=O)O)cc2)nc(N(CC(=O)O)CC(=O)O)n1. The van der Waals surface area contributed by atoms with Crippen LogP contribution < -0.4 is 15.1 Å². The molecule has 16 nitrogen and oxygen atoms in total. The zero-order valence-electron chi connectivity index (χ0n) is 17.2. The fourth-order valence-electron chi connectivity index (χ4n) is 2.57. The molecule has 0 radical (unpaired) electrons. The lowest BCUT2D eigenvalue weighted by atomic mass is 10.2. The van der Waals surface area contributed by atoms with Crippen molar-refractivity contribution in [3.05, 3.63) is 29.8 Å². The van der Waals surface area contributed by atoms with Gasteiger partial charge in [-0.2, -0.15) is 15.0 Å². The number of aromatic carboxylic acids is 1. The van der Waals surface area contributed by atoms with E-state index in [2.05, 4.69) is 20.3 Å². The van der Waals surface area contributed by atoms with E-state index in [1.807, 2.05) is 0 Å². The van der Waals surface area contributed by atoms with Gasteiger partial charge < -0.3 is 40.6 Å². The van der Waals surface area contributed by atoms with Gasteiger partial charge in [-0.3, -0.25) is 19.2 Å². The van der Waals surface area contributed by atoms with Crippen molar-refractivity contribution in [1.29, 1.82) is 0 Å². The Balaban J connectivity index is 2.56. The van der Waals surface area contributed by atoms with Gasteiger partial charge in [0.05, 0.1) is 5.56 Å². The summed E-state index contributed by atoms with van der Waals surface area (Å²) in [5.74, 6) is -8.15. The molecule has 0 saturated carbocycles. The van der Waals surface area contributed by atoms with Crippen molar-refractivity contribution < 1.29 is 49.5 Å². The van der Waals surface area contributed by atoms with Gasteiger partial charge in [0.15, 0.2) is 0 Å². The molecule has 2 aromatic rings. The molecule has 0 aliphatic rings. The number of aromatic nitrogens is 3. The van der Waals surface area contributed by atoms with Crippen LogP contribution in [-0.2, 0) is 19.2 Å². The van der Waals surface area contributed by atoms with E-state index in [4.69, 9.17) is 25.5 Å². The summed E-state index contributed by atoms with van der Waals surface area (Å²) in [5, 5.41) is 48.1. The zero-order valence-corrected chi connectivity index (χ0v) is 17.2. The van der Waals surface area contributed by atoms with Crippen molar-refractivity contribution in [2.24, 2.45) is 0 Å². The third-order valence-electron chi connectivity index (χ3n) is 3.87. The van der Waals surface area contributed by atoms with Gasteiger partial charge in [0.2, 0.25) is 17.8 Å². The molecule has 0 unspecified atom stereocenters. The maximum absolute atomic E-state index is 11.2. The summed E-state index contributed by atoms with van der Waals surface area (Å²) in [4.78, 5) is 69.1. The van der Waals surface area contributed by atoms with Crippen molar-refractivity contribution in [1.82, 2.24) is 15.0 Å². The molecule has 0 aliphatic carbocycles. The number of carbonyl (C=O) groups is 5. The van der Waals surface area contributed by atoms with Gasteiger partial charge in [-0.05, 0) is 24.3 Å². The van der Waals surface area contributed by atoms with Crippen LogP contribution in [0.5, 0.6) is 0 Å². The quantitative estimate of drug-likeness (QED) is 0.207. The molecule has 0 amide bonds. The molecule has 0 bridgehead atoms. The smallest absolute Gasteiger partial charge is 0.335 e. The van der Waals surface area contributed by atoms with Gasteiger partial charge in [-0.25, -0.2) is 4.79 Å². The number of carboxylic acids is 5. The number of benzene rings is 1. The molecular weight excluding hydrogens is 460 g/mol. The van der Waals surface area contributed by atoms with Crippen LogP contribution in [0.15, 0.2) is 24.3 Å². The standard InChI is InChI=1S/C18H18N6O10/c25-11(26)5-23(6-12(27)28)17-20-16(19-10-3-1-9(2-4-10)15(33)34)21-18(22-17)24(7-13(29)30)8-14(31)32/h1-4H,5-8H2,(H,25,26)(H,27,28)(H,29,30)(H,31,32)(H,33,34)(H,19,20,21,22). The van der Waals surface area contributed by atoms with Gasteiger partial charge in [-0.1, -0.05) is 0 Å². The third-order valence-corrected chi connectivity index (χ3v) is 3.87. The van der Waals surface area contributed by atoms with E-state index < -0.39 is 67.9 Å². The fourth-order valence-corrected chi connectivity index (χ4v) is 2.57. The zero-order chi connectivity index (χ0) is 25.4. The number of nitrogens with zero attached hydrogens (tertiary/aromatic N) is 5. The Kier molecular flexibility index (Phi) is 8.19. The number of anilines is 4. The van der Waals surface area contributed by atoms with Crippen LogP contribution in [0.1, 0.15) is 10.4 Å². The van der Waals surface area contributed by atoms with E-state index in [0.717, 1.165) is 9.80 Å². The van der Waals surface area contributed by atoms with E-state index in [9.17, 15) is 24.0 Å². The number of aliphatic carboxylic acids is 4. The van der Waals surface area contributed by atoms with Crippen molar-refractivity contribution in [3.63, 3.8) is 0 Å². The molecular formula is C18H18N6O10. The lowest BCUT2D eigenvalue weighted by Crippen LogP contribution is -2.38. The van der Waals surface area contributed by atoms with Crippen LogP contribution in [-0.4, -0.2) is 96.5 Å². The highest BCUT2D eigenvalue weighted by Crippen LogP contribution is 2.20. The topological polar surface area (TPSA) is 244 Å². The van der Waals surface area contributed by atoms with E-state index in [1.165, 1.54) is 24.3 Å². The normalized spacial score (nSPS) is 10.2. The molecule has 0 saturated heterocycles. The summed E-state index contributed by atoms with van der Waals surface area (Å²) in [5.41, 5.74) is 0.241. The van der Waals surface area contributed by atoms with E-state index >= 15 is 0 Å². The average Bonchev–Trinajstić information content (AvgIpc) is 2.71. The molecule has 0 atom stereocenters. The Morgan fingerprint density at radius 1 is 0.647 bits per heavy atom. The third kappa shape index (κ3) is 7.59. The molecule has 2 rings (SSSR count). The molecule has 6 N–H and O–H groups in total. The summed E-state index contributed by atoms with van der Waals surface area (Å²) in [6, 6.07) is 5.22. The highest BCUT2D eigenvalue weighted by molar-refractivity contribution is 5.88. The maximum atomic E-state index is 11.2. The van der Waals surface area contributed by atoms with Crippen LogP contribution in [0.3, 0.4) is 0 Å². The minimum absolute atomic E-state index is 0.0224. The van der Waals surface area contributed by atoms with E-state index in [0.29, 0.717) is 0 Å². The predicted molar refractivity (Wildman–Crippen MR) is 111 cm³/mol. The molecule has 1 aromatic heterocycles. The molecule has 0 aliphatic heterocycles. The minimum atomic E-state index is -1.42. The second kappa shape index (κ2) is 11.0. The second-order valence-corrected chi connectivity index (χ2v) is 6.55. The summed E-state index contributed by atoms with van der Waals surface area (Å²) in [7, 11) is 0. The minimum Gasteiger partial charge on any atom is -0.480 e. The Morgan fingerprint density at radius 2 is 1.03 bits per heavy atom. The summed E-state index contributed by atoms with van der Waals surface area (Å²) in [6.07, 6.45) is 0. The summed E-state index contributed by atoms with van der Waals surface area (Å²) < 4.78 is 0. The van der Waals surface area contributed by atoms with Crippen molar-refractivity contribution in [2.75, 3.05) is 41.3 Å². The Morgan fingerprint density at radius 3 is 1.35 bits per heavy atom. The average molecular weight is 478 g/mol.